The van der Waals surface area contributed by atoms with Gasteiger partial charge in [-0.15, -0.1) is 0 Å². The Balaban J connectivity index is 0.000000314. The van der Waals surface area contributed by atoms with E-state index in [0.29, 0.717) is 44.7 Å². The van der Waals surface area contributed by atoms with Gasteiger partial charge in [-0.1, -0.05) is 35.9 Å². The van der Waals surface area contributed by atoms with Crippen LogP contribution in [-0.4, -0.2) is 67.6 Å². The van der Waals surface area contributed by atoms with E-state index >= 15 is 0 Å². The lowest BCUT2D eigenvalue weighted by Gasteiger charge is -2.22. The Morgan fingerprint density at radius 1 is 1.07 bits per heavy atom. The summed E-state index contributed by atoms with van der Waals surface area (Å²) < 4.78 is 35.8. The molecule has 2 aromatic carbocycles. The molecule has 0 bridgehead atoms. The molecule has 41 heavy (non-hydrogen) atoms. The molecule has 9 N–H and O–H groups in total. The Kier molecular flexibility index (Phi) is 16.8. The van der Waals surface area contributed by atoms with E-state index in [1.807, 2.05) is 42.3 Å². The van der Waals surface area contributed by atoms with Gasteiger partial charge in [0.1, 0.15) is 0 Å². The number of benzene rings is 2. The average Bonchev–Trinajstić information content (AvgIpc) is 2.94. The van der Waals surface area contributed by atoms with Crippen molar-refractivity contribution >= 4 is 28.9 Å². The van der Waals surface area contributed by atoms with Gasteiger partial charge in [-0.2, -0.15) is 13.2 Å². The highest BCUT2D eigenvalue weighted by atomic mass is 19.4. The lowest BCUT2D eigenvalue weighted by Crippen LogP contribution is -2.47. The van der Waals surface area contributed by atoms with Gasteiger partial charge in [-0.25, -0.2) is 5.01 Å². The summed E-state index contributed by atoms with van der Waals surface area (Å²) in [5.74, 6) is -0.113. The van der Waals surface area contributed by atoms with E-state index in [4.69, 9.17) is 17.2 Å². The number of nitrogens with zero attached hydrogens (tertiary/aromatic N) is 2. The van der Waals surface area contributed by atoms with Gasteiger partial charge in [0, 0.05) is 44.7 Å². The van der Waals surface area contributed by atoms with Crippen molar-refractivity contribution in [2.24, 2.45) is 17.2 Å². The number of nitrogens with two attached hydrogens (primary N) is 3. The number of rotatable bonds is 12. The van der Waals surface area contributed by atoms with E-state index in [9.17, 15) is 22.8 Å². The Bertz CT molecular complexity index is 1160. The van der Waals surface area contributed by atoms with Crippen molar-refractivity contribution in [3.8, 4) is 0 Å². The third-order valence-corrected chi connectivity index (χ3v) is 5.47. The molecule has 0 aliphatic rings. The van der Waals surface area contributed by atoms with Gasteiger partial charge in [-0.3, -0.25) is 20.0 Å². The first-order chi connectivity index (χ1) is 19.5. The molecular weight excluding hydrogens is 537 g/mol. The van der Waals surface area contributed by atoms with Crippen LogP contribution in [0.4, 0.5) is 18.9 Å². The molecule has 0 saturated heterocycles. The number of likely N-dealkylation sites (N-methyl/N-ethyl adjacent to an activating group) is 1. The summed E-state index contributed by atoms with van der Waals surface area (Å²) in [6.07, 6.45) is -1.35. The van der Waals surface area contributed by atoms with Crippen molar-refractivity contribution in [1.82, 2.24) is 20.7 Å². The lowest BCUT2D eigenvalue weighted by atomic mass is 10.1. The minimum Gasteiger partial charge on any atom is -0.355 e. The number of hydrogen-bond acceptors (Lipinski definition) is 8. The normalized spacial score (nSPS) is 11.5. The second kappa shape index (κ2) is 19.5. The SMILES string of the molecule is CCNC(=O)C(N)CCNN(CCN)CCN.Cc1ccc(C(F)(F)F)cc1.O=CNc1cnc2ccccc2c1. The zero-order valence-corrected chi connectivity index (χ0v) is 23.5. The van der Waals surface area contributed by atoms with Crippen molar-refractivity contribution in [2.75, 3.05) is 44.6 Å². The smallest absolute Gasteiger partial charge is 0.355 e. The van der Waals surface area contributed by atoms with Crippen molar-refractivity contribution in [3.05, 3.63) is 71.9 Å². The minimum absolute atomic E-state index is 0.113. The molecule has 1 atom stereocenters. The van der Waals surface area contributed by atoms with Crippen LogP contribution in [0.5, 0.6) is 0 Å². The van der Waals surface area contributed by atoms with Gasteiger partial charge in [0.25, 0.3) is 0 Å². The Hall–Kier alpha value is -3.62. The number of amides is 2. The highest BCUT2D eigenvalue weighted by Crippen LogP contribution is 2.28. The van der Waals surface area contributed by atoms with Gasteiger partial charge in [0.2, 0.25) is 12.3 Å². The summed E-state index contributed by atoms with van der Waals surface area (Å²) in [7, 11) is 0. The monoisotopic (exact) mass is 578 g/mol. The zero-order valence-electron chi connectivity index (χ0n) is 23.5. The molecular formula is C28H41F3N8O2. The number of halogens is 3. The number of nitrogens with one attached hydrogen (secondary N) is 3. The van der Waals surface area contributed by atoms with Gasteiger partial charge >= 0.3 is 6.18 Å². The van der Waals surface area contributed by atoms with Crippen LogP contribution in [0.15, 0.2) is 60.8 Å². The van der Waals surface area contributed by atoms with E-state index in [1.165, 1.54) is 12.1 Å². The number of para-hydroxylation sites is 1. The number of alkyl halides is 3. The van der Waals surface area contributed by atoms with Crippen molar-refractivity contribution in [2.45, 2.75) is 32.5 Å². The summed E-state index contributed by atoms with van der Waals surface area (Å²) in [6.45, 7) is 7.45. The number of carbonyl (C=O) groups excluding carboxylic acids is 2. The van der Waals surface area contributed by atoms with Gasteiger partial charge < -0.3 is 27.8 Å². The number of anilines is 1. The zero-order chi connectivity index (χ0) is 30.7. The first-order valence-corrected chi connectivity index (χ1v) is 13.2. The maximum absolute atomic E-state index is 11.9. The fourth-order valence-electron chi connectivity index (χ4n) is 3.36. The second-order valence-corrected chi connectivity index (χ2v) is 8.80. The third-order valence-electron chi connectivity index (χ3n) is 5.47. The number of hydrogen-bond donors (Lipinski definition) is 6. The molecule has 13 heteroatoms. The topological polar surface area (TPSA) is 164 Å². The average molecular weight is 579 g/mol. The largest absolute Gasteiger partial charge is 0.416 e. The molecule has 0 saturated carbocycles. The lowest BCUT2D eigenvalue weighted by molar-refractivity contribution is -0.137. The Labute approximate surface area is 238 Å². The highest BCUT2D eigenvalue weighted by molar-refractivity contribution is 5.84. The Morgan fingerprint density at radius 2 is 1.71 bits per heavy atom. The number of aryl methyl sites for hydroxylation is 1. The summed E-state index contributed by atoms with van der Waals surface area (Å²) in [6, 6.07) is 14.2. The van der Waals surface area contributed by atoms with Crippen LogP contribution in [0.1, 0.15) is 24.5 Å². The second-order valence-electron chi connectivity index (χ2n) is 8.80. The maximum Gasteiger partial charge on any atom is 0.416 e. The third kappa shape index (κ3) is 14.5. The molecule has 1 heterocycles. The van der Waals surface area contributed by atoms with Crippen LogP contribution in [0.25, 0.3) is 10.9 Å². The standard InChI is InChI=1S/C10H26N6O.C10H8N2O.C8H7F3/c1-2-14-10(17)9(13)3-6-15-16(7-4-11)8-5-12;13-7-12-9-5-8-3-1-2-4-10(8)11-6-9;1-6-2-4-7(5-3-6)8(9,10)11/h9,15H,2-8,11-13H2,1H3,(H,14,17);1-7H,(H,12,13);2-5H,1H3. The number of fused-ring (bicyclic) bond motifs is 1. The molecule has 1 aromatic heterocycles. The van der Waals surface area contributed by atoms with Crippen LogP contribution >= 0.6 is 0 Å². The molecule has 0 aliphatic carbocycles. The van der Waals surface area contributed by atoms with Crippen LogP contribution in [0.2, 0.25) is 0 Å². The summed E-state index contributed by atoms with van der Waals surface area (Å²) in [5.41, 5.74) is 21.7. The van der Waals surface area contributed by atoms with E-state index in [0.717, 1.165) is 41.7 Å². The predicted molar refractivity (Wildman–Crippen MR) is 157 cm³/mol. The van der Waals surface area contributed by atoms with E-state index in [2.05, 4.69) is 21.0 Å². The van der Waals surface area contributed by atoms with Gasteiger partial charge in [-0.05, 0) is 44.5 Å². The minimum atomic E-state index is -4.21. The number of hydrazine groups is 1. The molecule has 3 rings (SSSR count). The Morgan fingerprint density at radius 3 is 2.27 bits per heavy atom. The van der Waals surface area contributed by atoms with Crippen LogP contribution in [0.3, 0.4) is 0 Å². The molecule has 0 aliphatic heterocycles. The van der Waals surface area contributed by atoms with E-state index < -0.39 is 17.8 Å². The predicted octanol–water partition coefficient (Wildman–Crippen LogP) is 2.38. The first kappa shape index (κ1) is 35.4. The van der Waals surface area contributed by atoms with Crippen molar-refractivity contribution in [3.63, 3.8) is 0 Å². The summed E-state index contributed by atoms with van der Waals surface area (Å²) in [4.78, 5) is 25.7. The first-order valence-electron chi connectivity index (χ1n) is 13.2. The quantitative estimate of drug-likeness (QED) is 0.141. The molecule has 1 unspecified atom stereocenters. The highest BCUT2D eigenvalue weighted by Gasteiger charge is 2.29. The van der Waals surface area contributed by atoms with Gasteiger partial charge in [0.15, 0.2) is 0 Å². The summed E-state index contributed by atoms with van der Waals surface area (Å²) in [5, 5.41) is 8.22. The number of pyridine rings is 1. The molecule has 10 nitrogen and oxygen atoms in total. The molecule has 3 aromatic rings. The van der Waals surface area contributed by atoms with Crippen LogP contribution < -0.4 is 33.3 Å². The van der Waals surface area contributed by atoms with Crippen molar-refractivity contribution < 1.29 is 22.8 Å². The van der Waals surface area contributed by atoms with E-state index in [1.54, 1.807) is 13.1 Å². The fraction of sp³-hybridized carbons (Fsp3) is 0.393. The number of aromatic nitrogens is 1. The molecule has 0 fully saturated rings. The summed E-state index contributed by atoms with van der Waals surface area (Å²) >= 11 is 0. The maximum atomic E-state index is 11.9. The molecule has 0 spiro atoms. The van der Waals surface area contributed by atoms with Crippen molar-refractivity contribution in [1.29, 1.82) is 0 Å². The molecule has 2 amide bonds. The van der Waals surface area contributed by atoms with Crippen LogP contribution in [-0.2, 0) is 15.8 Å². The molecule has 226 valence electrons. The van der Waals surface area contributed by atoms with E-state index in [-0.39, 0.29) is 5.91 Å². The van der Waals surface area contributed by atoms with Gasteiger partial charge in [0.05, 0.1) is 29.0 Å². The molecule has 0 radical (unpaired) electrons. The van der Waals surface area contributed by atoms with Crippen LogP contribution in [0, 0.1) is 6.92 Å². The number of carbonyl (C=O) groups is 2. The fourth-order valence-corrected chi connectivity index (χ4v) is 3.36.